The molecule has 0 spiro atoms. The number of nitrogens with one attached hydrogen (secondary N) is 2. The molecule has 0 bridgehead atoms. The van der Waals surface area contributed by atoms with Gasteiger partial charge in [0.05, 0.1) is 16.9 Å². The number of amides is 1. The third-order valence-electron chi connectivity index (χ3n) is 3.33. The van der Waals surface area contributed by atoms with Crippen LogP contribution in [0.4, 0.5) is 10.1 Å². The van der Waals surface area contributed by atoms with E-state index in [0.717, 1.165) is 12.8 Å². The van der Waals surface area contributed by atoms with E-state index in [1.807, 2.05) is 6.92 Å². The van der Waals surface area contributed by atoms with Crippen LogP contribution < -0.4 is 16.6 Å². The fraction of sp³-hybridized carbons (Fsp3) is 0.462. The number of nitrogen functional groups attached to an aromatic ring is 1. The van der Waals surface area contributed by atoms with Gasteiger partial charge in [-0.25, -0.2) is 4.39 Å². The minimum absolute atomic E-state index is 0.00232. The summed E-state index contributed by atoms with van der Waals surface area (Å²) < 4.78 is 19.1. The average Bonchev–Trinajstić information content (AvgIpc) is 2.83. The second-order valence-electron chi connectivity index (χ2n) is 4.89. The number of nitrogens with two attached hydrogens (primary N) is 1. The van der Waals surface area contributed by atoms with Gasteiger partial charge < -0.3 is 15.5 Å². The zero-order valence-corrected chi connectivity index (χ0v) is 10.8. The molecule has 19 heavy (non-hydrogen) atoms. The van der Waals surface area contributed by atoms with Crippen molar-refractivity contribution in [2.75, 3.05) is 18.6 Å². The van der Waals surface area contributed by atoms with Gasteiger partial charge in [-0.15, -0.1) is 0 Å². The molecule has 1 heterocycles. The Morgan fingerprint density at radius 1 is 1.58 bits per heavy atom. The Hall–Kier alpha value is -1.66. The molecule has 1 aromatic rings. The maximum Gasteiger partial charge on any atom is 0.253 e. The first-order chi connectivity index (χ1) is 9.06. The van der Waals surface area contributed by atoms with E-state index in [1.165, 1.54) is 18.2 Å². The fourth-order valence-electron chi connectivity index (χ4n) is 2.20. The molecule has 1 atom stereocenters. The van der Waals surface area contributed by atoms with Gasteiger partial charge in [-0.2, -0.15) is 0 Å². The third kappa shape index (κ3) is 3.02. The van der Waals surface area contributed by atoms with E-state index in [-0.39, 0.29) is 22.8 Å². The van der Waals surface area contributed by atoms with Gasteiger partial charge in [0.25, 0.3) is 5.91 Å². The second kappa shape index (κ2) is 5.54. The highest BCUT2D eigenvalue weighted by atomic mass is 19.1. The summed E-state index contributed by atoms with van der Waals surface area (Å²) in [6.45, 7) is 3.06. The number of benzene rings is 1. The minimum atomic E-state index is -0.557. The zero-order chi connectivity index (χ0) is 13.9. The molecule has 1 aliphatic heterocycles. The van der Waals surface area contributed by atoms with Crippen molar-refractivity contribution in [1.82, 2.24) is 5.32 Å². The molecule has 2 rings (SSSR count). The van der Waals surface area contributed by atoms with Crippen LogP contribution in [0.3, 0.4) is 0 Å². The Balaban J connectivity index is 2.06. The molecule has 0 saturated carbocycles. The van der Waals surface area contributed by atoms with Crippen LogP contribution >= 0.6 is 0 Å². The smallest absolute Gasteiger partial charge is 0.253 e. The number of anilines is 1. The number of hydrogen-bond acceptors (Lipinski definition) is 4. The maximum atomic E-state index is 13.5. The Morgan fingerprint density at radius 2 is 2.37 bits per heavy atom. The highest BCUT2D eigenvalue weighted by molar-refractivity contribution is 5.99. The van der Waals surface area contributed by atoms with Crippen LogP contribution in [0, 0.1) is 5.82 Å². The lowest BCUT2D eigenvalue weighted by atomic mass is 10.0. The highest BCUT2D eigenvalue weighted by Gasteiger charge is 2.30. The number of hydrogen-bond donors (Lipinski definition) is 3. The molecule has 1 aliphatic rings. The van der Waals surface area contributed by atoms with Crippen molar-refractivity contribution >= 4 is 11.6 Å². The lowest BCUT2D eigenvalue weighted by Crippen LogP contribution is -2.40. The molecule has 0 aliphatic carbocycles. The summed E-state index contributed by atoms with van der Waals surface area (Å²) in [5.74, 6) is 4.31. The number of para-hydroxylation sites is 1. The Bertz CT molecular complexity index is 473. The van der Waals surface area contributed by atoms with E-state index >= 15 is 0 Å². The van der Waals surface area contributed by atoms with Crippen molar-refractivity contribution < 1.29 is 13.9 Å². The predicted molar refractivity (Wildman–Crippen MR) is 70.1 cm³/mol. The molecule has 0 aromatic heterocycles. The molecule has 1 amide bonds. The van der Waals surface area contributed by atoms with E-state index in [9.17, 15) is 9.18 Å². The molecule has 4 N–H and O–H groups in total. The summed E-state index contributed by atoms with van der Waals surface area (Å²) in [4.78, 5) is 12.0. The molecule has 1 aromatic carbocycles. The largest absolute Gasteiger partial charge is 0.373 e. The standard InChI is InChI=1S/C13H18FN3O2/c1-13(6-3-7-19-13)8-16-12(18)9-4-2-5-10(14)11(9)17-15/h2,4-5,17H,3,6-8,15H2,1H3,(H,16,18). The van der Waals surface area contributed by atoms with E-state index in [1.54, 1.807) is 0 Å². The quantitative estimate of drug-likeness (QED) is 0.569. The van der Waals surface area contributed by atoms with Crippen molar-refractivity contribution in [3.8, 4) is 0 Å². The fourth-order valence-corrected chi connectivity index (χ4v) is 2.20. The molecule has 6 heteroatoms. The summed E-state index contributed by atoms with van der Waals surface area (Å²) in [5.41, 5.74) is 2.06. The molecule has 0 radical (unpaired) electrons. The van der Waals surface area contributed by atoms with E-state index in [0.29, 0.717) is 13.2 Å². The van der Waals surface area contributed by atoms with Gasteiger partial charge in [-0.05, 0) is 31.9 Å². The van der Waals surface area contributed by atoms with Gasteiger partial charge in [-0.3, -0.25) is 10.6 Å². The monoisotopic (exact) mass is 267 g/mol. The van der Waals surface area contributed by atoms with Crippen LogP contribution in [0.5, 0.6) is 0 Å². The van der Waals surface area contributed by atoms with Crippen LogP contribution in [-0.2, 0) is 4.74 Å². The molecule has 1 saturated heterocycles. The van der Waals surface area contributed by atoms with Crippen molar-refractivity contribution in [3.05, 3.63) is 29.6 Å². The second-order valence-corrected chi connectivity index (χ2v) is 4.89. The minimum Gasteiger partial charge on any atom is -0.373 e. The molecule has 1 unspecified atom stereocenters. The first-order valence-electron chi connectivity index (χ1n) is 6.23. The first-order valence-corrected chi connectivity index (χ1v) is 6.23. The van der Waals surface area contributed by atoms with Crippen LogP contribution in [-0.4, -0.2) is 24.7 Å². The van der Waals surface area contributed by atoms with Crippen LogP contribution in [0.2, 0.25) is 0 Å². The number of ether oxygens (including phenoxy) is 1. The Labute approximate surface area is 111 Å². The van der Waals surface area contributed by atoms with E-state index in [4.69, 9.17) is 10.6 Å². The first kappa shape index (κ1) is 13.8. The van der Waals surface area contributed by atoms with Crippen molar-refractivity contribution in [2.45, 2.75) is 25.4 Å². The third-order valence-corrected chi connectivity index (χ3v) is 3.33. The number of carbonyl (C=O) groups excluding carboxylic acids is 1. The summed E-state index contributed by atoms with van der Waals surface area (Å²) in [5, 5.41) is 2.76. The van der Waals surface area contributed by atoms with Crippen molar-refractivity contribution in [3.63, 3.8) is 0 Å². The van der Waals surface area contributed by atoms with Gasteiger partial charge in [0.2, 0.25) is 0 Å². The number of hydrazine groups is 1. The van der Waals surface area contributed by atoms with Gasteiger partial charge in [0, 0.05) is 13.2 Å². The SMILES string of the molecule is CC1(CNC(=O)c2cccc(F)c2NN)CCCO1. The normalized spacial score (nSPS) is 22.3. The summed E-state index contributed by atoms with van der Waals surface area (Å²) in [6.07, 6.45) is 1.89. The Kier molecular flexibility index (Phi) is 4.01. The lowest BCUT2D eigenvalue weighted by Gasteiger charge is -2.23. The van der Waals surface area contributed by atoms with Crippen molar-refractivity contribution in [2.24, 2.45) is 5.84 Å². The van der Waals surface area contributed by atoms with Gasteiger partial charge in [-0.1, -0.05) is 6.07 Å². The van der Waals surface area contributed by atoms with Crippen LogP contribution in [0.1, 0.15) is 30.1 Å². The average molecular weight is 267 g/mol. The molecule has 5 nitrogen and oxygen atoms in total. The van der Waals surface area contributed by atoms with Gasteiger partial charge >= 0.3 is 0 Å². The number of rotatable bonds is 4. The summed E-state index contributed by atoms with van der Waals surface area (Å²) in [6, 6.07) is 4.23. The Morgan fingerprint density at radius 3 is 3.00 bits per heavy atom. The summed E-state index contributed by atoms with van der Waals surface area (Å²) in [7, 11) is 0. The zero-order valence-electron chi connectivity index (χ0n) is 10.8. The predicted octanol–water partition coefficient (Wildman–Crippen LogP) is 1.41. The molecule has 1 fully saturated rings. The van der Waals surface area contributed by atoms with Crippen LogP contribution in [0.15, 0.2) is 18.2 Å². The van der Waals surface area contributed by atoms with Crippen LogP contribution in [0.25, 0.3) is 0 Å². The molecular weight excluding hydrogens is 249 g/mol. The van der Waals surface area contributed by atoms with Gasteiger partial charge in [0.15, 0.2) is 0 Å². The topological polar surface area (TPSA) is 76.4 Å². The number of halogens is 1. The summed E-state index contributed by atoms with van der Waals surface area (Å²) >= 11 is 0. The molecule has 104 valence electrons. The van der Waals surface area contributed by atoms with E-state index < -0.39 is 5.82 Å². The van der Waals surface area contributed by atoms with Crippen molar-refractivity contribution in [1.29, 1.82) is 0 Å². The maximum absolute atomic E-state index is 13.5. The lowest BCUT2D eigenvalue weighted by molar-refractivity contribution is 0.0206. The highest BCUT2D eigenvalue weighted by Crippen LogP contribution is 2.24. The number of carbonyl (C=O) groups is 1. The van der Waals surface area contributed by atoms with Gasteiger partial charge in [0.1, 0.15) is 5.82 Å². The van der Waals surface area contributed by atoms with E-state index in [2.05, 4.69) is 10.7 Å². The molecular formula is C13H18FN3O2.